The fraction of sp³-hybridized carbons (Fsp3) is 0.0769. The minimum absolute atomic E-state index is 0.0369. The van der Waals surface area contributed by atoms with E-state index < -0.39 is 32.0 Å². The van der Waals surface area contributed by atoms with Crippen molar-refractivity contribution in [1.29, 1.82) is 0 Å². The molecule has 0 fully saturated rings. The van der Waals surface area contributed by atoms with Gasteiger partial charge < -0.3 is 0 Å². The summed E-state index contributed by atoms with van der Waals surface area (Å²) < 4.78 is 85.3. The fourth-order valence-electron chi connectivity index (χ4n) is 10.6. The number of fused-ring (bicyclic) bond motifs is 4. The Morgan fingerprint density at radius 1 is 0.630 bits per heavy atom. The van der Waals surface area contributed by atoms with E-state index in [0.717, 1.165) is 66.2 Å². The van der Waals surface area contributed by atoms with Gasteiger partial charge in [-0.1, -0.05) is 48.5 Å². The molecule has 8 heteroatoms. The second-order valence-corrected chi connectivity index (χ2v) is 20.2. The van der Waals surface area contributed by atoms with Gasteiger partial charge in [-0.15, -0.1) is 5.39 Å². The summed E-state index contributed by atoms with van der Waals surface area (Å²) in [7, 11) is 0. The van der Waals surface area contributed by atoms with Crippen LogP contribution in [0.4, 0.5) is 11.5 Å². The quantitative estimate of drug-likeness (QED) is 0.107. The molecule has 6 nitrogen and oxygen atoms in total. The van der Waals surface area contributed by atoms with Gasteiger partial charge in [0.2, 0.25) is 0 Å². The second kappa shape index (κ2) is 17.8. The van der Waals surface area contributed by atoms with Crippen LogP contribution >= 0.6 is 0 Å². The number of nitrogens with zero attached hydrogens (tertiary/aromatic N) is 5. The van der Waals surface area contributed by atoms with Crippen LogP contribution in [-0.4, -0.2) is 25.6 Å². The van der Waals surface area contributed by atoms with E-state index in [2.05, 4.69) is 113 Å². The van der Waals surface area contributed by atoms with Gasteiger partial charge >= 0.3 is 367 Å². The molecule has 12 aromatic rings. The third-order valence-electron chi connectivity index (χ3n) is 13.7. The average Bonchev–Trinajstić information content (AvgIpc) is 3.34. The van der Waals surface area contributed by atoms with Crippen LogP contribution in [0.15, 0.2) is 218 Å². The molecule has 3 aromatic heterocycles. The number of hydrogen-bond donors (Lipinski definition) is 0. The number of benzene rings is 9. The number of rotatable bonds is 9. The van der Waals surface area contributed by atoms with Gasteiger partial charge in [0.05, 0.1) is 0 Å². The zero-order chi connectivity index (χ0) is 56.2. The molecule has 0 N–H and O–H groups in total. The van der Waals surface area contributed by atoms with Gasteiger partial charge in [-0.3, -0.25) is 0 Å². The first-order valence-corrected chi connectivity index (χ1v) is 25.2. The Morgan fingerprint density at radius 2 is 1.30 bits per heavy atom. The van der Waals surface area contributed by atoms with Crippen molar-refractivity contribution >= 4 is 56.8 Å². The van der Waals surface area contributed by atoms with Crippen molar-refractivity contribution < 1.29 is 35.1 Å². The number of aromatic nitrogens is 4. The summed E-state index contributed by atoms with van der Waals surface area (Å²) in [5.74, 6) is 0.697. The van der Waals surface area contributed by atoms with E-state index in [0.29, 0.717) is 37.9 Å². The van der Waals surface area contributed by atoms with E-state index >= 15 is 0 Å². The first-order valence-electron chi connectivity index (χ1n) is 28.1. The molecule has 0 amide bonds. The van der Waals surface area contributed by atoms with Crippen LogP contribution in [-0.2, 0) is 24.8 Å². The fourth-order valence-corrected chi connectivity index (χ4v) is 11.7. The molecular formula is C65H48BN5OPt-2. The Bertz CT molecular complexity index is 4560. The third-order valence-corrected chi connectivity index (χ3v) is 14.7. The summed E-state index contributed by atoms with van der Waals surface area (Å²) >= 11 is 2.29. The Balaban J connectivity index is 1.04. The Morgan fingerprint density at radius 3 is 2.07 bits per heavy atom. The van der Waals surface area contributed by atoms with E-state index in [9.17, 15) is 2.74 Å². The molecule has 0 atom stereocenters. The molecule has 0 saturated heterocycles. The average molecular weight is 1130 g/mol. The van der Waals surface area contributed by atoms with E-state index in [1.54, 1.807) is 6.07 Å². The van der Waals surface area contributed by atoms with E-state index in [1.165, 1.54) is 6.07 Å². The second-order valence-electron chi connectivity index (χ2n) is 19.1. The zero-order valence-corrected chi connectivity index (χ0v) is 42.2. The summed E-state index contributed by atoms with van der Waals surface area (Å²) in [6, 6.07) is 66.3. The monoisotopic (exact) mass is 1130 g/mol. The van der Waals surface area contributed by atoms with Crippen LogP contribution < -0.4 is 15.0 Å². The Labute approximate surface area is 447 Å². The third kappa shape index (κ3) is 7.52. The van der Waals surface area contributed by atoms with Crippen LogP contribution in [0.5, 0.6) is 11.6 Å². The van der Waals surface area contributed by atoms with Crippen LogP contribution in [0, 0.1) is 22.8 Å². The number of hydrogen-bond acceptors (Lipinski definition) is 3. The molecule has 0 spiro atoms. The molecule has 0 saturated carbocycles. The molecule has 0 unspecified atom stereocenters. The molecule has 1 aliphatic heterocycles. The predicted molar refractivity (Wildman–Crippen MR) is 296 cm³/mol. The molecule has 13 rings (SSSR count). The van der Waals surface area contributed by atoms with Crippen molar-refractivity contribution in [1.82, 2.24) is 18.6 Å². The van der Waals surface area contributed by atoms with Gasteiger partial charge in [-0.25, -0.2) is 0 Å². The summed E-state index contributed by atoms with van der Waals surface area (Å²) in [5.41, 5.74) is 10.9. The Kier molecular flexibility index (Phi) is 8.94. The first-order chi connectivity index (χ1) is 39.0. The number of ether oxygens (including phenoxy) is 1. The standard InChI is InChI=1S/C65H48BN5O.Pt/c1-44-40-61(70-59-37-21-32-54-52-29-15-17-34-56(52)71(64(54)59)66(70)47-26-12-7-13-27-47)67-62(41-44)72-60-42-48(38-39-53(60)51-28-14-16-33-55(51)65(2,3)4)68-43-69(58-36-19-18-35-57(58)68)63-49(45-22-8-5-9-23-45)30-20-31-50(63)46-24-10-6-11-25-46;/h5-36,38-41H,1-4H3;/q-2;/i1D3,5D,8D,9D,22D,23D;. The number of pyridine rings is 1. The van der Waals surface area contributed by atoms with Crippen LogP contribution in [0.3, 0.4) is 0 Å². The van der Waals surface area contributed by atoms with Gasteiger partial charge in [0, 0.05) is 5.52 Å². The van der Waals surface area contributed by atoms with Gasteiger partial charge in [0.1, 0.15) is 0 Å². The van der Waals surface area contributed by atoms with E-state index in [-0.39, 0.29) is 34.5 Å². The molecule has 73 heavy (non-hydrogen) atoms. The van der Waals surface area contributed by atoms with Crippen molar-refractivity contribution in [2.75, 3.05) is 4.81 Å². The molecular weight excluding hydrogens is 1070 g/mol. The van der Waals surface area contributed by atoms with Crippen LogP contribution in [0.2, 0.25) is 0 Å². The molecule has 0 radical (unpaired) electrons. The van der Waals surface area contributed by atoms with Crippen LogP contribution in [0.1, 0.15) is 42.9 Å². The summed E-state index contributed by atoms with van der Waals surface area (Å²) in [5, 5.41) is 2.14. The molecule has 9 aromatic carbocycles. The molecule has 0 bridgehead atoms. The van der Waals surface area contributed by atoms with Crippen molar-refractivity contribution in [3.05, 3.63) is 245 Å². The van der Waals surface area contributed by atoms with Crippen molar-refractivity contribution in [2.24, 2.45) is 0 Å². The van der Waals surface area contributed by atoms with E-state index in [4.69, 9.17) is 17.9 Å². The SMILES string of the molecule is [2H]c1c([2H])c([2H])c(-c2cccc(-c3ccccc3)c2-n2[c](=[Pt])n(-c3[c-]c(Oc4cc(C([2H])([2H])[2H])cc(N5B(c6ccccc6)n6c7ccccc7c7cc[c-]c5c76)n4)c(-c4ccccc4C(C)(C)C)cc3)c3ccccc32)c([2H])c1[2H]. The molecule has 354 valence electrons. The maximum atomic E-state index is 9.21. The molecule has 4 heterocycles. The minimum atomic E-state index is -2.57. The zero-order valence-electron chi connectivity index (χ0n) is 47.9. The van der Waals surface area contributed by atoms with Crippen LogP contribution in [0.25, 0.3) is 77.6 Å². The number of anilines is 2. The van der Waals surface area contributed by atoms with Gasteiger partial charge in [-0.05, 0) is 11.5 Å². The maximum absolute atomic E-state index is 9.21. The number of para-hydroxylation sites is 4. The predicted octanol–water partition coefficient (Wildman–Crippen LogP) is 15.4. The summed E-state index contributed by atoms with van der Waals surface area (Å²) in [6.45, 7) is 3.44. The normalized spacial score (nSPS) is 14.2. The van der Waals surface area contributed by atoms with Gasteiger partial charge in [0.15, 0.2) is 0 Å². The summed E-state index contributed by atoms with van der Waals surface area (Å²) in [4.78, 5) is 7.33. The summed E-state index contributed by atoms with van der Waals surface area (Å²) in [6.07, 6.45) is 0. The van der Waals surface area contributed by atoms with Gasteiger partial charge in [-0.2, -0.15) is 12.1 Å². The number of aryl methyl sites for hydroxylation is 1. The first kappa shape index (κ1) is 36.6. The number of imidazole rings is 1. The van der Waals surface area contributed by atoms with E-state index in [1.807, 2.05) is 133 Å². The Hall–Kier alpha value is -8.25. The van der Waals surface area contributed by atoms with Crippen molar-refractivity contribution in [2.45, 2.75) is 33.0 Å². The van der Waals surface area contributed by atoms with Gasteiger partial charge in [0.25, 0.3) is 0 Å². The molecule has 0 aliphatic carbocycles. The molecule has 1 aliphatic rings. The van der Waals surface area contributed by atoms with Crippen molar-refractivity contribution in [3.63, 3.8) is 0 Å². The van der Waals surface area contributed by atoms with Crippen molar-refractivity contribution in [3.8, 4) is 56.4 Å². The topological polar surface area (TPSA) is 40.1 Å².